The van der Waals surface area contributed by atoms with Gasteiger partial charge in [-0.05, 0) is 29.9 Å². The van der Waals surface area contributed by atoms with Crippen LogP contribution in [0.2, 0.25) is 0 Å². The van der Waals surface area contributed by atoms with Crippen LogP contribution in [0.1, 0.15) is 39.7 Å². The molecule has 1 aromatic heterocycles. The van der Waals surface area contributed by atoms with Crippen molar-refractivity contribution in [1.29, 1.82) is 0 Å². The summed E-state index contributed by atoms with van der Waals surface area (Å²) in [5, 5.41) is 7.52. The maximum Gasteiger partial charge on any atom is 0.344 e. The number of aromatic amines is 1. The zero-order chi connectivity index (χ0) is 13.3. The van der Waals surface area contributed by atoms with Gasteiger partial charge < -0.3 is 0 Å². The number of aromatic nitrogens is 3. The highest BCUT2D eigenvalue weighted by Crippen LogP contribution is 2.37. The molecule has 1 heterocycles. The van der Waals surface area contributed by atoms with E-state index in [1.54, 1.807) is 11.8 Å². The molecule has 0 spiro atoms. The standard InChI is InChI=1S/C12H21N3OS2/c1-12(2,3)8(6-17)7-18-11-14-13-10(16)15(11)9-4-5-9/h8-9,17H,4-7H2,1-3H3,(H,13,16). The fraction of sp³-hybridized carbons (Fsp3) is 0.833. The van der Waals surface area contributed by atoms with Crippen LogP contribution in [-0.2, 0) is 0 Å². The number of hydrogen-bond donors (Lipinski definition) is 2. The maximum absolute atomic E-state index is 11.6. The molecule has 18 heavy (non-hydrogen) atoms. The molecule has 1 N–H and O–H groups in total. The molecule has 0 bridgehead atoms. The van der Waals surface area contributed by atoms with Crippen molar-refractivity contribution in [2.45, 2.75) is 44.8 Å². The Bertz CT molecular complexity index is 457. The van der Waals surface area contributed by atoms with Crippen molar-refractivity contribution in [3.05, 3.63) is 10.5 Å². The molecular weight excluding hydrogens is 266 g/mol. The zero-order valence-corrected chi connectivity index (χ0v) is 12.9. The molecule has 0 saturated heterocycles. The first-order chi connectivity index (χ1) is 8.43. The van der Waals surface area contributed by atoms with E-state index in [0.29, 0.717) is 12.0 Å². The van der Waals surface area contributed by atoms with Gasteiger partial charge in [-0.25, -0.2) is 9.89 Å². The molecule has 4 nitrogen and oxygen atoms in total. The quantitative estimate of drug-likeness (QED) is 0.646. The highest BCUT2D eigenvalue weighted by molar-refractivity contribution is 7.99. The number of rotatable bonds is 5. The van der Waals surface area contributed by atoms with Gasteiger partial charge in [0.25, 0.3) is 0 Å². The van der Waals surface area contributed by atoms with E-state index >= 15 is 0 Å². The van der Waals surface area contributed by atoms with Gasteiger partial charge in [0.1, 0.15) is 0 Å². The summed E-state index contributed by atoms with van der Waals surface area (Å²) in [4.78, 5) is 11.6. The first-order valence-electron chi connectivity index (χ1n) is 6.34. The lowest BCUT2D eigenvalue weighted by Crippen LogP contribution is -2.24. The fourth-order valence-corrected chi connectivity index (χ4v) is 4.10. The molecule has 1 unspecified atom stereocenters. The van der Waals surface area contributed by atoms with E-state index in [0.717, 1.165) is 29.5 Å². The van der Waals surface area contributed by atoms with Crippen LogP contribution in [0.15, 0.2) is 9.95 Å². The van der Waals surface area contributed by atoms with Gasteiger partial charge in [0.05, 0.1) is 0 Å². The summed E-state index contributed by atoms with van der Waals surface area (Å²) in [5.74, 6) is 2.31. The average molecular weight is 287 g/mol. The lowest BCUT2D eigenvalue weighted by atomic mass is 9.83. The Kier molecular flexibility index (Phi) is 4.16. The van der Waals surface area contributed by atoms with Crippen molar-refractivity contribution in [3.63, 3.8) is 0 Å². The summed E-state index contributed by atoms with van der Waals surface area (Å²) in [6.07, 6.45) is 2.20. The second-order valence-electron chi connectivity index (χ2n) is 5.97. The Balaban J connectivity index is 2.04. The monoisotopic (exact) mass is 287 g/mol. The minimum Gasteiger partial charge on any atom is -0.267 e. The number of nitrogens with zero attached hydrogens (tertiary/aromatic N) is 2. The third-order valence-electron chi connectivity index (χ3n) is 3.44. The van der Waals surface area contributed by atoms with Gasteiger partial charge in [-0.1, -0.05) is 32.5 Å². The predicted molar refractivity (Wildman–Crippen MR) is 78.6 cm³/mol. The molecule has 0 amide bonds. The van der Waals surface area contributed by atoms with Gasteiger partial charge in [0, 0.05) is 11.8 Å². The maximum atomic E-state index is 11.6. The van der Waals surface area contributed by atoms with E-state index in [1.807, 2.05) is 4.57 Å². The number of H-pyrrole nitrogens is 1. The van der Waals surface area contributed by atoms with Crippen LogP contribution >= 0.6 is 24.4 Å². The Morgan fingerprint density at radius 2 is 2.22 bits per heavy atom. The number of thiol groups is 1. The topological polar surface area (TPSA) is 50.7 Å². The first-order valence-corrected chi connectivity index (χ1v) is 7.96. The summed E-state index contributed by atoms with van der Waals surface area (Å²) in [5.41, 5.74) is 0.161. The minimum absolute atomic E-state index is 0.0711. The van der Waals surface area contributed by atoms with E-state index in [4.69, 9.17) is 0 Å². The van der Waals surface area contributed by atoms with E-state index in [-0.39, 0.29) is 11.1 Å². The lowest BCUT2D eigenvalue weighted by Gasteiger charge is -2.28. The second kappa shape index (κ2) is 5.33. The summed E-state index contributed by atoms with van der Waals surface area (Å²) in [6, 6.07) is 0.378. The van der Waals surface area contributed by atoms with E-state index in [1.165, 1.54) is 0 Å². The second-order valence-corrected chi connectivity index (χ2v) is 7.32. The van der Waals surface area contributed by atoms with Crippen molar-refractivity contribution in [1.82, 2.24) is 14.8 Å². The summed E-state index contributed by atoms with van der Waals surface area (Å²) >= 11 is 6.10. The largest absolute Gasteiger partial charge is 0.344 e. The molecule has 1 aliphatic rings. The van der Waals surface area contributed by atoms with Gasteiger partial charge in [-0.3, -0.25) is 4.57 Å². The van der Waals surface area contributed by atoms with Gasteiger partial charge in [0.2, 0.25) is 0 Å². The highest BCUT2D eigenvalue weighted by Gasteiger charge is 2.30. The van der Waals surface area contributed by atoms with E-state index in [2.05, 4.69) is 43.6 Å². The molecule has 1 atom stereocenters. The Morgan fingerprint density at radius 1 is 1.56 bits per heavy atom. The molecule has 1 aliphatic carbocycles. The van der Waals surface area contributed by atoms with Crippen LogP contribution in [0.25, 0.3) is 0 Å². The van der Waals surface area contributed by atoms with Crippen LogP contribution < -0.4 is 5.69 Å². The molecule has 0 aliphatic heterocycles. The molecular formula is C12H21N3OS2. The summed E-state index contributed by atoms with van der Waals surface area (Å²) in [7, 11) is 0. The van der Waals surface area contributed by atoms with Crippen molar-refractivity contribution >= 4 is 24.4 Å². The lowest BCUT2D eigenvalue weighted by molar-refractivity contribution is 0.294. The van der Waals surface area contributed by atoms with Crippen LogP contribution in [-0.4, -0.2) is 26.3 Å². The van der Waals surface area contributed by atoms with E-state index < -0.39 is 0 Å². The Hall–Kier alpha value is -0.360. The Morgan fingerprint density at radius 3 is 2.72 bits per heavy atom. The van der Waals surface area contributed by atoms with Gasteiger partial charge in [0.15, 0.2) is 5.16 Å². The van der Waals surface area contributed by atoms with Crippen LogP contribution in [0.3, 0.4) is 0 Å². The van der Waals surface area contributed by atoms with Crippen molar-refractivity contribution in [2.75, 3.05) is 11.5 Å². The smallest absolute Gasteiger partial charge is 0.267 e. The molecule has 2 rings (SSSR count). The normalized spacial score (nSPS) is 18.0. The minimum atomic E-state index is -0.0711. The number of hydrogen-bond acceptors (Lipinski definition) is 4. The SMILES string of the molecule is CC(C)(C)C(CS)CSc1n[nH]c(=O)n1C1CC1. The number of thioether (sulfide) groups is 1. The van der Waals surface area contributed by atoms with Gasteiger partial charge in [-0.2, -0.15) is 12.6 Å². The third-order valence-corrected chi connectivity index (χ3v) is 5.00. The molecule has 1 aromatic rings. The molecule has 1 fully saturated rings. The summed E-state index contributed by atoms with van der Waals surface area (Å²) in [6.45, 7) is 6.69. The first kappa shape index (κ1) is 14.1. The molecule has 0 radical (unpaired) electrons. The van der Waals surface area contributed by atoms with Crippen LogP contribution in [0.5, 0.6) is 0 Å². The van der Waals surface area contributed by atoms with Crippen molar-refractivity contribution in [2.24, 2.45) is 11.3 Å². The fourth-order valence-electron chi connectivity index (χ4n) is 1.80. The highest BCUT2D eigenvalue weighted by atomic mass is 32.2. The molecule has 1 saturated carbocycles. The Labute approximate surface area is 117 Å². The van der Waals surface area contributed by atoms with Crippen LogP contribution in [0.4, 0.5) is 0 Å². The molecule has 102 valence electrons. The van der Waals surface area contributed by atoms with Crippen LogP contribution in [0, 0.1) is 11.3 Å². The average Bonchev–Trinajstić information content (AvgIpc) is 3.03. The van der Waals surface area contributed by atoms with Gasteiger partial charge >= 0.3 is 5.69 Å². The van der Waals surface area contributed by atoms with E-state index in [9.17, 15) is 4.79 Å². The molecule has 6 heteroatoms. The zero-order valence-electron chi connectivity index (χ0n) is 11.1. The third kappa shape index (κ3) is 3.15. The van der Waals surface area contributed by atoms with Crippen molar-refractivity contribution in [3.8, 4) is 0 Å². The molecule has 0 aromatic carbocycles. The van der Waals surface area contributed by atoms with Gasteiger partial charge in [-0.15, -0.1) is 5.10 Å². The predicted octanol–water partition coefficient (Wildman–Crippen LogP) is 2.59. The summed E-state index contributed by atoms with van der Waals surface area (Å²) < 4.78 is 1.81. The van der Waals surface area contributed by atoms with Crippen molar-refractivity contribution < 1.29 is 0 Å². The number of nitrogens with one attached hydrogen (secondary N) is 1.